The molecule has 8 heteroatoms. The Labute approximate surface area is 167 Å². The predicted octanol–water partition coefficient (Wildman–Crippen LogP) is 2.80. The molecular formula is C21H20N2O6. The Kier molecular flexibility index (Phi) is 5.92. The number of carboxylic acid groups (broad SMARTS) is 1. The van der Waals surface area contributed by atoms with Crippen molar-refractivity contribution in [1.82, 2.24) is 4.90 Å². The molecule has 0 aromatic heterocycles. The molecule has 2 aromatic rings. The molecule has 3 rings (SSSR count). The molecule has 0 bridgehead atoms. The first kappa shape index (κ1) is 20.1. The van der Waals surface area contributed by atoms with Crippen LogP contribution in [-0.4, -0.2) is 46.8 Å². The fourth-order valence-corrected chi connectivity index (χ4v) is 2.97. The first-order valence-electron chi connectivity index (χ1n) is 9.17. The van der Waals surface area contributed by atoms with Crippen LogP contribution >= 0.6 is 0 Å². The van der Waals surface area contributed by atoms with Crippen molar-refractivity contribution in [2.45, 2.75) is 19.8 Å². The van der Waals surface area contributed by atoms with Crippen LogP contribution in [0.1, 0.15) is 50.8 Å². The Bertz CT molecular complexity index is 950. The Balaban J connectivity index is 1.68. The SMILES string of the molecule is CCCOc1ccc(C(=O)O)cc1NC(=O)CCN1C(=O)c2ccccc2C1=O. The molecule has 0 saturated carbocycles. The molecule has 0 spiro atoms. The van der Waals surface area contributed by atoms with E-state index in [1.54, 1.807) is 24.3 Å². The standard InChI is InChI=1S/C21H20N2O6/c1-2-11-29-17-8-7-13(21(27)28)12-16(17)22-18(24)9-10-23-19(25)14-5-3-4-6-15(14)20(23)26/h3-8,12H,2,9-11H2,1H3,(H,22,24)(H,27,28). The number of nitrogens with one attached hydrogen (secondary N) is 1. The second kappa shape index (κ2) is 8.55. The Hall–Kier alpha value is -3.68. The molecule has 0 radical (unpaired) electrons. The van der Waals surface area contributed by atoms with Crippen molar-refractivity contribution in [3.05, 3.63) is 59.2 Å². The maximum atomic E-state index is 12.4. The van der Waals surface area contributed by atoms with Crippen molar-refractivity contribution in [3.63, 3.8) is 0 Å². The van der Waals surface area contributed by atoms with Gasteiger partial charge in [0.15, 0.2) is 0 Å². The summed E-state index contributed by atoms with van der Waals surface area (Å²) in [5.41, 5.74) is 0.875. The Morgan fingerprint density at radius 3 is 2.31 bits per heavy atom. The van der Waals surface area contributed by atoms with Crippen LogP contribution in [0.5, 0.6) is 5.75 Å². The molecule has 0 fully saturated rings. The molecule has 1 aliphatic rings. The third-order valence-corrected chi connectivity index (χ3v) is 4.40. The third kappa shape index (κ3) is 4.26. The van der Waals surface area contributed by atoms with E-state index in [4.69, 9.17) is 9.84 Å². The second-order valence-corrected chi connectivity index (χ2v) is 6.47. The van der Waals surface area contributed by atoms with Gasteiger partial charge in [0.2, 0.25) is 5.91 Å². The van der Waals surface area contributed by atoms with E-state index in [0.29, 0.717) is 23.5 Å². The maximum absolute atomic E-state index is 12.4. The van der Waals surface area contributed by atoms with Gasteiger partial charge in [-0.1, -0.05) is 19.1 Å². The van der Waals surface area contributed by atoms with Crippen LogP contribution in [0, 0.1) is 0 Å². The van der Waals surface area contributed by atoms with Crippen LogP contribution in [0.25, 0.3) is 0 Å². The van der Waals surface area contributed by atoms with Crippen molar-refractivity contribution in [2.24, 2.45) is 0 Å². The lowest BCUT2D eigenvalue weighted by molar-refractivity contribution is -0.116. The van der Waals surface area contributed by atoms with Gasteiger partial charge in [0.1, 0.15) is 5.75 Å². The topological polar surface area (TPSA) is 113 Å². The van der Waals surface area contributed by atoms with Crippen LogP contribution in [0.15, 0.2) is 42.5 Å². The van der Waals surface area contributed by atoms with Crippen LogP contribution in [0.4, 0.5) is 5.69 Å². The molecule has 0 saturated heterocycles. The third-order valence-electron chi connectivity index (χ3n) is 4.40. The lowest BCUT2D eigenvalue weighted by atomic mass is 10.1. The van der Waals surface area contributed by atoms with Gasteiger partial charge in [-0.2, -0.15) is 0 Å². The summed E-state index contributed by atoms with van der Waals surface area (Å²) < 4.78 is 5.55. The van der Waals surface area contributed by atoms with Gasteiger partial charge in [-0.3, -0.25) is 19.3 Å². The zero-order valence-corrected chi connectivity index (χ0v) is 15.8. The number of imide groups is 1. The molecule has 2 N–H and O–H groups in total. The number of hydrogen-bond acceptors (Lipinski definition) is 5. The first-order valence-corrected chi connectivity index (χ1v) is 9.17. The summed E-state index contributed by atoms with van der Waals surface area (Å²) in [7, 11) is 0. The van der Waals surface area contributed by atoms with Gasteiger partial charge in [0.05, 0.1) is 29.0 Å². The van der Waals surface area contributed by atoms with Crippen molar-refractivity contribution in [3.8, 4) is 5.75 Å². The molecule has 0 unspecified atom stereocenters. The van der Waals surface area contributed by atoms with Gasteiger partial charge < -0.3 is 15.2 Å². The largest absolute Gasteiger partial charge is 0.491 e. The average Bonchev–Trinajstić information content (AvgIpc) is 2.95. The number of benzene rings is 2. The van der Waals surface area contributed by atoms with Crippen LogP contribution in [0.2, 0.25) is 0 Å². The van der Waals surface area contributed by atoms with Crippen molar-refractivity contribution >= 4 is 29.4 Å². The van der Waals surface area contributed by atoms with Crippen LogP contribution < -0.4 is 10.1 Å². The molecule has 2 aromatic carbocycles. The molecule has 3 amide bonds. The molecule has 29 heavy (non-hydrogen) atoms. The lowest BCUT2D eigenvalue weighted by Gasteiger charge is -2.15. The number of amides is 3. The number of ether oxygens (including phenoxy) is 1. The molecule has 0 aliphatic carbocycles. The lowest BCUT2D eigenvalue weighted by Crippen LogP contribution is -2.32. The number of fused-ring (bicyclic) bond motifs is 1. The average molecular weight is 396 g/mol. The zero-order chi connectivity index (χ0) is 21.0. The van der Waals surface area contributed by atoms with Gasteiger partial charge in [0.25, 0.3) is 11.8 Å². The smallest absolute Gasteiger partial charge is 0.335 e. The number of rotatable bonds is 8. The first-order chi connectivity index (χ1) is 13.9. The molecule has 1 heterocycles. The minimum atomic E-state index is -1.13. The summed E-state index contributed by atoms with van der Waals surface area (Å²) in [6, 6.07) is 10.7. The molecule has 150 valence electrons. The number of aromatic carboxylic acids is 1. The van der Waals surface area contributed by atoms with Gasteiger partial charge in [-0.15, -0.1) is 0 Å². The minimum absolute atomic E-state index is 0.00416. The van der Waals surface area contributed by atoms with E-state index < -0.39 is 23.7 Å². The highest BCUT2D eigenvalue weighted by Crippen LogP contribution is 2.27. The summed E-state index contributed by atoms with van der Waals surface area (Å²) in [6.45, 7) is 2.25. The number of carboxylic acids is 1. The fraction of sp³-hybridized carbons (Fsp3) is 0.238. The molecule has 8 nitrogen and oxygen atoms in total. The summed E-state index contributed by atoms with van der Waals surface area (Å²) in [5, 5.41) is 11.8. The number of hydrogen-bond donors (Lipinski definition) is 2. The molecular weight excluding hydrogens is 376 g/mol. The van der Waals surface area contributed by atoms with Gasteiger partial charge in [-0.25, -0.2) is 4.79 Å². The van der Waals surface area contributed by atoms with E-state index >= 15 is 0 Å². The second-order valence-electron chi connectivity index (χ2n) is 6.47. The summed E-state index contributed by atoms with van der Waals surface area (Å²) in [6.07, 6.45) is 0.615. The highest BCUT2D eigenvalue weighted by Gasteiger charge is 2.35. The number of carbonyl (C=O) groups excluding carboxylic acids is 3. The van der Waals surface area contributed by atoms with E-state index in [0.717, 1.165) is 11.3 Å². The van der Waals surface area contributed by atoms with E-state index in [-0.39, 0.29) is 24.2 Å². The van der Waals surface area contributed by atoms with Gasteiger partial charge >= 0.3 is 5.97 Å². The van der Waals surface area contributed by atoms with Gasteiger partial charge in [-0.05, 0) is 36.8 Å². The minimum Gasteiger partial charge on any atom is -0.491 e. The highest BCUT2D eigenvalue weighted by molar-refractivity contribution is 6.21. The quantitative estimate of drug-likeness (QED) is 0.664. The summed E-state index contributed by atoms with van der Waals surface area (Å²) >= 11 is 0. The molecule has 0 atom stereocenters. The summed E-state index contributed by atoms with van der Waals surface area (Å²) in [5.74, 6) is -2.11. The Morgan fingerprint density at radius 2 is 1.72 bits per heavy atom. The summed E-state index contributed by atoms with van der Waals surface area (Å²) in [4.78, 5) is 49.4. The zero-order valence-electron chi connectivity index (χ0n) is 15.8. The predicted molar refractivity (Wildman–Crippen MR) is 104 cm³/mol. The maximum Gasteiger partial charge on any atom is 0.335 e. The fourth-order valence-electron chi connectivity index (χ4n) is 2.97. The number of nitrogens with zero attached hydrogens (tertiary/aromatic N) is 1. The van der Waals surface area contributed by atoms with Crippen molar-refractivity contribution < 1.29 is 29.0 Å². The van der Waals surface area contributed by atoms with E-state index in [1.807, 2.05) is 6.92 Å². The Morgan fingerprint density at radius 1 is 1.07 bits per heavy atom. The van der Waals surface area contributed by atoms with E-state index in [2.05, 4.69) is 5.32 Å². The monoisotopic (exact) mass is 396 g/mol. The molecule has 1 aliphatic heterocycles. The van der Waals surface area contributed by atoms with Gasteiger partial charge in [0, 0.05) is 13.0 Å². The van der Waals surface area contributed by atoms with Crippen LogP contribution in [-0.2, 0) is 4.79 Å². The van der Waals surface area contributed by atoms with Crippen molar-refractivity contribution in [1.29, 1.82) is 0 Å². The number of carbonyl (C=O) groups is 4. The van der Waals surface area contributed by atoms with E-state index in [9.17, 15) is 19.2 Å². The van der Waals surface area contributed by atoms with E-state index in [1.165, 1.54) is 18.2 Å². The van der Waals surface area contributed by atoms with Crippen LogP contribution in [0.3, 0.4) is 0 Å². The number of anilines is 1. The van der Waals surface area contributed by atoms with Crippen molar-refractivity contribution in [2.75, 3.05) is 18.5 Å². The normalized spacial score (nSPS) is 12.7. The highest BCUT2D eigenvalue weighted by atomic mass is 16.5.